The van der Waals surface area contributed by atoms with Gasteiger partial charge in [-0.2, -0.15) is 0 Å². The lowest BCUT2D eigenvalue weighted by Gasteiger charge is -2.25. The molecule has 1 rings (SSSR count). The first-order valence-electron chi connectivity index (χ1n) is 3.91. The molecule has 0 fully saturated rings. The van der Waals surface area contributed by atoms with E-state index in [1.165, 1.54) is 6.08 Å². The number of rotatable bonds is 3. The third kappa shape index (κ3) is 1.65. The molecule has 0 saturated heterocycles. The van der Waals surface area contributed by atoms with E-state index in [1.807, 2.05) is 6.92 Å². The first-order valence-corrected chi connectivity index (χ1v) is 3.91. The summed E-state index contributed by atoms with van der Waals surface area (Å²) >= 11 is 0. The van der Waals surface area contributed by atoms with Crippen LogP contribution in [0.15, 0.2) is 12.2 Å². The number of hydrogen-bond acceptors (Lipinski definition) is 4. The van der Waals surface area contributed by atoms with Crippen LogP contribution in [-0.4, -0.2) is 28.1 Å². The first-order chi connectivity index (χ1) is 5.58. The van der Waals surface area contributed by atoms with Gasteiger partial charge in [0.05, 0.1) is 0 Å². The quantitative estimate of drug-likeness (QED) is 0.586. The molecule has 4 heteroatoms. The summed E-state index contributed by atoms with van der Waals surface area (Å²) in [5.74, 6) is -2.42. The predicted molar refractivity (Wildman–Crippen MR) is 41.1 cm³/mol. The lowest BCUT2D eigenvalue weighted by Crippen LogP contribution is -2.41. The van der Waals surface area contributed by atoms with Crippen molar-refractivity contribution >= 4 is 5.97 Å². The largest absolute Gasteiger partial charge is 0.423 e. The number of carbonyl (C=O) groups excluding carboxylic acids is 1. The Kier molecular flexibility index (Phi) is 2.49. The fraction of sp³-hybridized carbons (Fsp3) is 0.625. The van der Waals surface area contributed by atoms with Gasteiger partial charge in [-0.15, -0.1) is 0 Å². The van der Waals surface area contributed by atoms with Crippen molar-refractivity contribution in [2.75, 3.05) is 0 Å². The highest BCUT2D eigenvalue weighted by Gasteiger charge is 2.40. The van der Waals surface area contributed by atoms with Gasteiger partial charge in [0.15, 0.2) is 0 Å². The molecule has 0 aromatic carbocycles. The second-order valence-corrected chi connectivity index (χ2v) is 2.81. The van der Waals surface area contributed by atoms with E-state index in [1.54, 1.807) is 0 Å². The maximum atomic E-state index is 10.6. The summed E-state index contributed by atoms with van der Waals surface area (Å²) in [6.45, 7) is 1.87. The average Bonchev–Trinajstić information content (AvgIpc) is 2.33. The minimum absolute atomic E-state index is 0.397. The van der Waals surface area contributed by atoms with Crippen LogP contribution >= 0.6 is 0 Å². The highest BCUT2D eigenvalue weighted by atomic mass is 16.7. The normalized spacial score (nSPS) is 30.4. The lowest BCUT2D eigenvalue weighted by atomic mass is 10.1. The molecule has 1 aliphatic heterocycles. The van der Waals surface area contributed by atoms with E-state index in [-0.39, 0.29) is 0 Å². The zero-order chi connectivity index (χ0) is 9.19. The molecule has 2 atom stereocenters. The Morgan fingerprint density at radius 1 is 1.75 bits per heavy atom. The van der Waals surface area contributed by atoms with E-state index in [9.17, 15) is 15.0 Å². The molecular formula is C8H12O4. The third-order valence-electron chi connectivity index (χ3n) is 1.76. The Morgan fingerprint density at radius 3 is 2.83 bits per heavy atom. The van der Waals surface area contributed by atoms with Gasteiger partial charge in [0, 0.05) is 6.08 Å². The van der Waals surface area contributed by atoms with Crippen LogP contribution in [0.2, 0.25) is 0 Å². The van der Waals surface area contributed by atoms with E-state index in [2.05, 4.69) is 4.74 Å². The highest BCUT2D eigenvalue weighted by molar-refractivity contribution is 5.84. The van der Waals surface area contributed by atoms with E-state index >= 15 is 0 Å². The van der Waals surface area contributed by atoms with Crippen LogP contribution in [0.25, 0.3) is 0 Å². The van der Waals surface area contributed by atoms with Gasteiger partial charge in [-0.25, -0.2) is 4.79 Å². The molecular weight excluding hydrogens is 160 g/mol. The van der Waals surface area contributed by atoms with E-state index in [0.717, 1.165) is 12.5 Å². The summed E-state index contributed by atoms with van der Waals surface area (Å²) < 4.78 is 4.52. The Labute approximate surface area is 70.5 Å². The standard InChI is InChI=1S/C8H12O4/c1-2-3-6(9)8(11)5-4-7(10)12-8/h4-6,9,11H,2-3H2,1H3/t6-,8+/m0/s1. The van der Waals surface area contributed by atoms with Gasteiger partial charge in [0.25, 0.3) is 5.79 Å². The van der Waals surface area contributed by atoms with Crippen molar-refractivity contribution in [3.8, 4) is 0 Å². The van der Waals surface area contributed by atoms with Crippen molar-refractivity contribution in [3.05, 3.63) is 12.2 Å². The van der Waals surface area contributed by atoms with Crippen molar-refractivity contribution in [3.63, 3.8) is 0 Å². The van der Waals surface area contributed by atoms with Crippen molar-refractivity contribution in [2.24, 2.45) is 0 Å². The van der Waals surface area contributed by atoms with Gasteiger partial charge in [-0.1, -0.05) is 13.3 Å². The zero-order valence-electron chi connectivity index (χ0n) is 6.86. The fourth-order valence-corrected chi connectivity index (χ4v) is 1.08. The molecule has 0 aromatic rings. The lowest BCUT2D eigenvalue weighted by molar-refractivity contribution is -0.212. The molecule has 0 aliphatic carbocycles. The Balaban J connectivity index is 2.61. The van der Waals surface area contributed by atoms with Gasteiger partial charge < -0.3 is 14.9 Å². The molecule has 0 unspecified atom stereocenters. The van der Waals surface area contributed by atoms with Crippen LogP contribution in [0.4, 0.5) is 0 Å². The maximum absolute atomic E-state index is 10.6. The molecule has 0 radical (unpaired) electrons. The Morgan fingerprint density at radius 2 is 2.42 bits per heavy atom. The molecule has 12 heavy (non-hydrogen) atoms. The molecule has 1 aliphatic rings. The number of ether oxygens (including phenoxy) is 1. The molecule has 0 spiro atoms. The SMILES string of the molecule is CCC[C@H](O)[C@@]1(O)C=CC(=O)O1. The predicted octanol–water partition coefficient (Wildman–Crippen LogP) is -0.0510. The van der Waals surface area contributed by atoms with Gasteiger partial charge >= 0.3 is 5.97 Å². The topological polar surface area (TPSA) is 66.8 Å². The van der Waals surface area contributed by atoms with Gasteiger partial charge in [0.2, 0.25) is 0 Å². The molecule has 2 N–H and O–H groups in total. The van der Waals surface area contributed by atoms with Gasteiger partial charge in [-0.05, 0) is 12.5 Å². The minimum Gasteiger partial charge on any atom is -0.423 e. The number of hydrogen-bond donors (Lipinski definition) is 2. The van der Waals surface area contributed by atoms with Crippen molar-refractivity contribution < 1.29 is 19.7 Å². The average molecular weight is 172 g/mol. The zero-order valence-corrected chi connectivity index (χ0v) is 6.86. The number of aliphatic hydroxyl groups excluding tert-OH is 1. The number of aliphatic hydroxyl groups is 2. The van der Waals surface area contributed by atoms with Crippen LogP contribution in [0.1, 0.15) is 19.8 Å². The van der Waals surface area contributed by atoms with Crippen molar-refractivity contribution in [1.29, 1.82) is 0 Å². The second-order valence-electron chi connectivity index (χ2n) is 2.81. The molecule has 4 nitrogen and oxygen atoms in total. The summed E-state index contributed by atoms with van der Waals surface area (Å²) in [4.78, 5) is 10.6. The van der Waals surface area contributed by atoms with Crippen molar-refractivity contribution in [1.82, 2.24) is 0 Å². The second kappa shape index (κ2) is 3.25. The van der Waals surface area contributed by atoms with Crippen LogP contribution in [0.3, 0.4) is 0 Å². The van der Waals surface area contributed by atoms with Gasteiger partial charge in [-0.3, -0.25) is 0 Å². The summed E-state index contributed by atoms with van der Waals surface area (Å²) in [7, 11) is 0. The number of carbonyl (C=O) groups is 1. The van der Waals surface area contributed by atoms with Crippen LogP contribution in [0, 0.1) is 0 Å². The molecule has 68 valence electrons. The van der Waals surface area contributed by atoms with E-state index in [0.29, 0.717) is 6.42 Å². The highest BCUT2D eigenvalue weighted by Crippen LogP contribution is 2.23. The molecule has 1 heterocycles. The van der Waals surface area contributed by atoms with Crippen molar-refractivity contribution in [2.45, 2.75) is 31.7 Å². The van der Waals surface area contributed by atoms with E-state index < -0.39 is 17.9 Å². The molecule has 0 saturated carbocycles. The minimum atomic E-state index is -1.80. The monoisotopic (exact) mass is 172 g/mol. The summed E-state index contributed by atoms with van der Waals surface area (Å²) in [5, 5.41) is 18.8. The summed E-state index contributed by atoms with van der Waals surface area (Å²) in [5.41, 5.74) is 0. The number of cyclic esters (lactones) is 1. The first kappa shape index (κ1) is 9.22. The molecule has 0 aromatic heterocycles. The molecule has 0 amide bonds. The van der Waals surface area contributed by atoms with Crippen LogP contribution < -0.4 is 0 Å². The Bertz CT molecular complexity index is 211. The fourth-order valence-electron chi connectivity index (χ4n) is 1.08. The summed E-state index contributed by atoms with van der Waals surface area (Å²) in [6.07, 6.45) is 2.36. The maximum Gasteiger partial charge on any atom is 0.333 e. The van der Waals surface area contributed by atoms with E-state index in [4.69, 9.17) is 0 Å². The van der Waals surface area contributed by atoms with Crippen LogP contribution in [0.5, 0.6) is 0 Å². The molecule has 0 bridgehead atoms. The third-order valence-corrected chi connectivity index (χ3v) is 1.76. The smallest absolute Gasteiger partial charge is 0.333 e. The number of esters is 1. The van der Waals surface area contributed by atoms with Gasteiger partial charge in [0.1, 0.15) is 6.10 Å². The summed E-state index contributed by atoms with van der Waals surface area (Å²) in [6, 6.07) is 0. The van der Waals surface area contributed by atoms with Crippen LogP contribution in [-0.2, 0) is 9.53 Å². The Hall–Kier alpha value is -0.870.